The predicted molar refractivity (Wildman–Crippen MR) is 64.5 cm³/mol. The number of rotatable bonds is 4. The highest BCUT2D eigenvalue weighted by Gasteiger charge is 2.32. The van der Waals surface area contributed by atoms with Crippen molar-refractivity contribution in [1.82, 2.24) is 4.98 Å². The Bertz CT molecular complexity index is 392. The van der Waals surface area contributed by atoms with Crippen LogP contribution in [0.1, 0.15) is 38.2 Å². The van der Waals surface area contributed by atoms with E-state index >= 15 is 0 Å². The lowest BCUT2D eigenvalue weighted by molar-refractivity contribution is 0.137. The van der Waals surface area contributed by atoms with Gasteiger partial charge < -0.3 is 14.6 Å². The molecule has 94 valence electrons. The van der Waals surface area contributed by atoms with E-state index in [4.69, 9.17) is 9.47 Å². The minimum atomic E-state index is -0.281. The highest BCUT2D eigenvalue weighted by molar-refractivity contribution is 5.37. The van der Waals surface area contributed by atoms with Crippen molar-refractivity contribution >= 4 is 0 Å². The van der Waals surface area contributed by atoms with E-state index in [1.165, 1.54) is 0 Å². The van der Waals surface area contributed by atoms with E-state index < -0.39 is 0 Å². The number of hydrogen-bond acceptors (Lipinski definition) is 4. The van der Waals surface area contributed by atoms with Crippen LogP contribution in [-0.4, -0.2) is 29.4 Å². The molecule has 0 radical (unpaired) electrons. The van der Waals surface area contributed by atoms with Gasteiger partial charge >= 0.3 is 0 Å². The van der Waals surface area contributed by atoms with Gasteiger partial charge in [0.2, 0.25) is 11.8 Å². The van der Waals surface area contributed by atoms with Crippen molar-refractivity contribution in [2.24, 2.45) is 0 Å². The van der Waals surface area contributed by atoms with Crippen molar-refractivity contribution < 1.29 is 14.6 Å². The van der Waals surface area contributed by atoms with Gasteiger partial charge in [0.1, 0.15) is 6.10 Å². The molecule has 4 heteroatoms. The number of hydrogen-bond donors (Lipinski definition) is 1. The molecule has 4 nitrogen and oxygen atoms in total. The Labute approximate surface area is 102 Å². The molecule has 2 heterocycles. The van der Waals surface area contributed by atoms with E-state index in [0.717, 1.165) is 18.4 Å². The molecule has 2 rings (SSSR count). The van der Waals surface area contributed by atoms with Crippen molar-refractivity contribution in [1.29, 1.82) is 0 Å². The number of nitrogens with zero attached hydrogens (tertiary/aromatic N) is 1. The molecule has 1 aromatic heterocycles. The van der Waals surface area contributed by atoms with Crippen LogP contribution in [-0.2, 0) is 0 Å². The van der Waals surface area contributed by atoms with Gasteiger partial charge in [-0.1, -0.05) is 6.92 Å². The maximum Gasteiger partial charge on any atom is 0.220 e. The second kappa shape index (κ2) is 4.92. The van der Waals surface area contributed by atoms with E-state index in [9.17, 15) is 5.11 Å². The number of aromatic nitrogens is 1. The lowest BCUT2D eigenvalue weighted by Crippen LogP contribution is -2.18. The lowest BCUT2D eigenvalue weighted by Gasteiger charge is -2.15. The Kier molecular flexibility index (Phi) is 3.52. The lowest BCUT2D eigenvalue weighted by atomic mass is 9.95. The summed E-state index contributed by atoms with van der Waals surface area (Å²) in [4.78, 5) is 4.29. The number of aliphatic hydroxyl groups is 1. The molecule has 0 bridgehead atoms. The smallest absolute Gasteiger partial charge is 0.220 e. The fourth-order valence-corrected chi connectivity index (χ4v) is 2.15. The molecule has 1 aliphatic rings. The predicted octanol–water partition coefficient (Wildman–Crippen LogP) is 2.12. The van der Waals surface area contributed by atoms with E-state index in [1.54, 1.807) is 14.0 Å². The van der Waals surface area contributed by atoms with Crippen molar-refractivity contribution in [3.63, 3.8) is 0 Å². The molecule has 17 heavy (non-hydrogen) atoms. The molecule has 0 saturated heterocycles. The summed E-state index contributed by atoms with van der Waals surface area (Å²) < 4.78 is 10.9. The maximum absolute atomic E-state index is 9.31. The van der Waals surface area contributed by atoms with Gasteiger partial charge in [-0.15, -0.1) is 0 Å². The molecule has 0 aromatic carbocycles. The van der Waals surface area contributed by atoms with Crippen LogP contribution >= 0.6 is 0 Å². The summed E-state index contributed by atoms with van der Waals surface area (Å²) in [5, 5.41) is 9.31. The van der Waals surface area contributed by atoms with Gasteiger partial charge in [-0.2, -0.15) is 4.98 Å². The molecule has 0 spiro atoms. The fraction of sp³-hybridized carbons (Fsp3) is 0.615. The van der Waals surface area contributed by atoms with Crippen LogP contribution in [0, 0.1) is 0 Å². The summed E-state index contributed by atoms with van der Waals surface area (Å²) in [7, 11) is 1.60. The van der Waals surface area contributed by atoms with Crippen LogP contribution in [0.5, 0.6) is 11.8 Å². The van der Waals surface area contributed by atoms with Crippen LogP contribution < -0.4 is 9.47 Å². The quantitative estimate of drug-likeness (QED) is 0.871. The van der Waals surface area contributed by atoms with Crippen LogP contribution in [0.3, 0.4) is 0 Å². The molecule has 0 amide bonds. The molecule has 0 fully saturated rings. The third kappa shape index (κ3) is 2.52. The summed E-state index contributed by atoms with van der Waals surface area (Å²) >= 11 is 0. The van der Waals surface area contributed by atoms with E-state index in [1.807, 2.05) is 12.1 Å². The topological polar surface area (TPSA) is 51.6 Å². The first-order chi connectivity index (χ1) is 8.11. The van der Waals surface area contributed by atoms with Crippen molar-refractivity contribution in [3.05, 3.63) is 17.7 Å². The summed E-state index contributed by atoms with van der Waals surface area (Å²) in [6.07, 6.45) is 1.42. The first kappa shape index (κ1) is 12.2. The van der Waals surface area contributed by atoms with Crippen molar-refractivity contribution in [2.45, 2.75) is 44.8 Å². The maximum atomic E-state index is 9.31. The number of methoxy groups -OCH3 is 1. The zero-order chi connectivity index (χ0) is 12.4. The van der Waals surface area contributed by atoms with Gasteiger partial charge in [0.15, 0.2) is 0 Å². The van der Waals surface area contributed by atoms with Gasteiger partial charge in [0.05, 0.1) is 13.2 Å². The highest BCUT2D eigenvalue weighted by Crippen LogP contribution is 2.39. The SMILES string of the molecule is COc1ccc2c(n1)O[C@@H](CC[C@@H](C)O)[C@H]2C. The fourth-order valence-electron chi connectivity index (χ4n) is 2.15. The van der Waals surface area contributed by atoms with E-state index in [0.29, 0.717) is 17.7 Å². The summed E-state index contributed by atoms with van der Waals surface area (Å²) in [5.41, 5.74) is 1.13. The Morgan fingerprint density at radius 2 is 2.29 bits per heavy atom. The summed E-state index contributed by atoms with van der Waals surface area (Å²) in [6.45, 7) is 3.93. The normalized spacial score (nSPS) is 24.0. The third-order valence-electron chi connectivity index (χ3n) is 3.25. The highest BCUT2D eigenvalue weighted by atomic mass is 16.5. The van der Waals surface area contributed by atoms with Crippen molar-refractivity contribution in [3.8, 4) is 11.8 Å². The van der Waals surface area contributed by atoms with Gasteiger partial charge in [0.25, 0.3) is 0 Å². The second-order valence-electron chi connectivity index (χ2n) is 4.62. The van der Waals surface area contributed by atoms with Crippen LogP contribution in [0.2, 0.25) is 0 Å². The third-order valence-corrected chi connectivity index (χ3v) is 3.25. The molecule has 0 aliphatic carbocycles. The summed E-state index contributed by atoms with van der Waals surface area (Å²) in [6, 6.07) is 3.87. The average Bonchev–Trinajstić information content (AvgIpc) is 2.63. The Balaban J connectivity index is 2.09. The molecule has 1 N–H and O–H groups in total. The first-order valence-electron chi connectivity index (χ1n) is 6.01. The minimum Gasteiger partial charge on any atom is -0.481 e. The first-order valence-corrected chi connectivity index (χ1v) is 6.01. The van der Waals surface area contributed by atoms with Crippen LogP contribution in [0.4, 0.5) is 0 Å². The number of fused-ring (bicyclic) bond motifs is 1. The largest absolute Gasteiger partial charge is 0.481 e. The standard InChI is InChI=1S/C13H19NO3/c1-8(15)4-6-11-9(2)10-5-7-12(16-3)14-13(10)17-11/h5,7-9,11,15H,4,6H2,1-3H3/t8-,9+,11+/m1/s1. The zero-order valence-electron chi connectivity index (χ0n) is 10.5. The van der Waals surface area contributed by atoms with E-state index in [-0.39, 0.29) is 12.2 Å². The number of pyridine rings is 1. The molecular formula is C13H19NO3. The van der Waals surface area contributed by atoms with Gasteiger partial charge in [0, 0.05) is 17.5 Å². The van der Waals surface area contributed by atoms with Crippen LogP contribution in [0.15, 0.2) is 12.1 Å². The molecule has 1 aromatic rings. The Morgan fingerprint density at radius 3 is 2.94 bits per heavy atom. The molecule has 1 aliphatic heterocycles. The molecule has 0 unspecified atom stereocenters. The summed E-state index contributed by atoms with van der Waals surface area (Å²) in [5.74, 6) is 1.57. The monoisotopic (exact) mass is 237 g/mol. The Hall–Kier alpha value is -1.29. The molecule has 3 atom stereocenters. The molecular weight excluding hydrogens is 218 g/mol. The molecule has 0 saturated carbocycles. The number of aliphatic hydroxyl groups excluding tert-OH is 1. The number of ether oxygens (including phenoxy) is 2. The van der Waals surface area contributed by atoms with Crippen LogP contribution in [0.25, 0.3) is 0 Å². The van der Waals surface area contributed by atoms with Gasteiger partial charge in [-0.05, 0) is 25.8 Å². The average molecular weight is 237 g/mol. The van der Waals surface area contributed by atoms with Crippen molar-refractivity contribution in [2.75, 3.05) is 7.11 Å². The van der Waals surface area contributed by atoms with Gasteiger partial charge in [-0.25, -0.2) is 0 Å². The Morgan fingerprint density at radius 1 is 1.53 bits per heavy atom. The minimum absolute atomic E-state index is 0.110. The van der Waals surface area contributed by atoms with E-state index in [2.05, 4.69) is 11.9 Å². The zero-order valence-corrected chi connectivity index (χ0v) is 10.5. The second-order valence-corrected chi connectivity index (χ2v) is 4.62. The van der Waals surface area contributed by atoms with Gasteiger partial charge in [-0.3, -0.25) is 0 Å².